The minimum absolute atomic E-state index is 0.233. The number of carbonyl (C=O) groups excluding carboxylic acids is 1. The number of hydrogen-bond donors (Lipinski definition) is 1. The van der Waals surface area contributed by atoms with Crippen molar-refractivity contribution in [1.82, 2.24) is 19.7 Å². The number of thiophene rings is 1. The van der Waals surface area contributed by atoms with E-state index in [0.29, 0.717) is 15.3 Å². The standard InChI is InChI=1S/C21H21N5O2S2/c1-5-16-24-25-21(30-16)23-18(27)13(4)26-10-22-19-17(20(26)28)15(9-29-19)14-7-6-11(2)12(3)8-14/h6-10,13H,5H2,1-4H3,(H,23,25,27). The summed E-state index contributed by atoms with van der Waals surface area (Å²) < 4.78 is 1.37. The molecular weight excluding hydrogens is 418 g/mol. The number of benzene rings is 1. The SMILES string of the molecule is CCc1nnc(NC(=O)C(C)n2cnc3scc(-c4ccc(C)c(C)c4)c3c2=O)s1. The first-order chi connectivity index (χ1) is 14.4. The predicted octanol–water partition coefficient (Wildman–Crippen LogP) is 4.36. The molecule has 0 fully saturated rings. The summed E-state index contributed by atoms with van der Waals surface area (Å²) >= 11 is 2.76. The highest BCUT2D eigenvalue weighted by Crippen LogP contribution is 2.32. The van der Waals surface area contributed by atoms with E-state index in [1.807, 2.05) is 31.4 Å². The third-order valence-corrected chi connectivity index (χ3v) is 7.00. The molecule has 154 valence electrons. The number of anilines is 1. The first-order valence-electron chi connectivity index (χ1n) is 9.58. The number of aryl methyl sites for hydroxylation is 3. The van der Waals surface area contributed by atoms with Gasteiger partial charge in [0.2, 0.25) is 11.0 Å². The largest absolute Gasteiger partial charge is 0.299 e. The second-order valence-electron chi connectivity index (χ2n) is 7.11. The van der Waals surface area contributed by atoms with Crippen LogP contribution in [-0.2, 0) is 11.2 Å². The van der Waals surface area contributed by atoms with E-state index in [4.69, 9.17) is 0 Å². The van der Waals surface area contributed by atoms with Crippen molar-refractivity contribution in [3.63, 3.8) is 0 Å². The van der Waals surface area contributed by atoms with Gasteiger partial charge < -0.3 is 0 Å². The molecule has 1 N–H and O–H groups in total. The first-order valence-corrected chi connectivity index (χ1v) is 11.3. The number of carbonyl (C=O) groups is 1. The Kier molecular flexibility index (Phi) is 5.48. The molecule has 1 atom stereocenters. The molecule has 1 unspecified atom stereocenters. The van der Waals surface area contributed by atoms with Crippen LogP contribution in [0.3, 0.4) is 0 Å². The van der Waals surface area contributed by atoms with E-state index < -0.39 is 6.04 Å². The van der Waals surface area contributed by atoms with E-state index >= 15 is 0 Å². The van der Waals surface area contributed by atoms with E-state index in [1.165, 1.54) is 39.1 Å². The van der Waals surface area contributed by atoms with Crippen LogP contribution in [0.2, 0.25) is 0 Å². The van der Waals surface area contributed by atoms with E-state index in [1.54, 1.807) is 6.92 Å². The summed E-state index contributed by atoms with van der Waals surface area (Å²) in [5.74, 6) is -0.333. The summed E-state index contributed by atoms with van der Waals surface area (Å²) in [6, 6.07) is 5.39. The fraction of sp³-hybridized carbons (Fsp3) is 0.286. The van der Waals surface area contributed by atoms with Crippen molar-refractivity contribution in [2.45, 2.75) is 40.2 Å². The van der Waals surface area contributed by atoms with Crippen LogP contribution < -0.4 is 10.9 Å². The molecule has 0 saturated carbocycles. The fourth-order valence-electron chi connectivity index (χ4n) is 3.13. The summed E-state index contributed by atoms with van der Waals surface area (Å²) in [5, 5.41) is 14.5. The summed E-state index contributed by atoms with van der Waals surface area (Å²) in [7, 11) is 0. The molecule has 7 nitrogen and oxygen atoms in total. The summed E-state index contributed by atoms with van der Waals surface area (Å²) in [6.45, 7) is 7.76. The van der Waals surface area contributed by atoms with Gasteiger partial charge in [-0.2, -0.15) is 0 Å². The Balaban J connectivity index is 1.71. The summed E-state index contributed by atoms with van der Waals surface area (Å²) in [6.07, 6.45) is 2.19. The van der Waals surface area contributed by atoms with Crippen molar-refractivity contribution in [1.29, 1.82) is 0 Å². The Labute approximate surface area is 181 Å². The van der Waals surface area contributed by atoms with E-state index in [2.05, 4.69) is 33.5 Å². The highest BCUT2D eigenvalue weighted by Gasteiger charge is 2.21. The van der Waals surface area contributed by atoms with Gasteiger partial charge in [0.1, 0.15) is 15.9 Å². The third kappa shape index (κ3) is 3.66. The number of nitrogens with one attached hydrogen (secondary N) is 1. The maximum Gasteiger partial charge on any atom is 0.263 e. The van der Waals surface area contributed by atoms with Gasteiger partial charge in [0.05, 0.1) is 11.7 Å². The Hall–Kier alpha value is -2.91. The highest BCUT2D eigenvalue weighted by atomic mass is 32.1. The van der Waals surface area contributed by atoms with Gasteiger partial charge in [0.25, 0.3) is 5.56 Å². The van der Waals surface area contributed by atoms with Crippen molar-refractivity contribution in [2.24, 2.45) is 0 Å². The number of nitrogens with zero attached hydrogens (tertiary/aromatic N) is 4. The van der Waals surface area contributed by atoms with Crippen LogP contribution in [0.5, 0.6) is 0 Å². The molecule has 0 aliphatic carbocycles. The smallest absolute Gasteiger partial charge is 0.263 e. The second-order valence-corrected chi connectivity index (χ2v) is 9.03. The molecule has 1 amide bonds. The minimum atomic E-state index is -0.740. The number of hydrogen-bond acceptors (Lipinski definition) is 7. The van der Waals surface area contributed by atoms with Gasteiger partial charge in [-0.1, -0.05) is 36.5 Å². The molecule has 0 saturated heterocycles. The van der Waals surface area contributed by atoms with E-state index in [0.717, 1.165) is 28.1 Å². The van der Waals surface area contributed by atoms with Gasteiger partial charge in [-0.15, -0.1) is 21.5 Å². The summed E-state index contributed by atoms with van der Waals surface area (Å²) in [4.78, 5) is 31.1. The molecule has 3 aromatic heterocycles. The topological polar surface area (TPSA) is 89.8 Å². The van der Waals surface area contributed by atoms with Gasteiger partial charge in [-0.3, -0.25) is 19.5 Å². The number of amides is 1. The first kappa shape index (κ1) is 20.4. The van der Waals surface area contributed by atoms with Gasteiger partial charge in [-0.25, -0.2) is 4.98 Å². The Morgan fingerprint density at radius 2 is 2.03 bits per heavy atom. The lowest BCUT2D eigenvalue weighted by molar-refractivity contribution is -0.118. The Morgan fingerprint density at radius 1 is 1.23 bits per heavy atom. The molecule has 4 aromatic rings. The minimum Gasteiger partial charge on any atom is -0.299 e. The van der Waals surface area contributed by atoms with Crippen molar-refractivity contribution < 1.29 is 4.79 Å². The molecule has 3 heterocycles. The van der Waals surface area contributed by atoms with Gasteiger partial charge in [0, 0.05) is 10.9 Å². The lowest BCUT2D eigenvalue weighted by Crippen LogP contribution is -2.31. The molecule has 4 rings (SSSR count). The zero-order valence-electron chi connectivity index (χ0n) is 17.1. The van der Waals surface area contributed by atoms with Crippen molar-refractivity contribution in [3.05, 3.63) is 56.4 Å². The van der Waals surface area contributed by atoms with Crippen LogP contribution in [0.4, 0.5) is 5.13 Å². The Morgan fingerprint density at radius 3 is 2.73 bits per heavy atom. The molecule has 1 aromatic carbocycles. The van der Waals surface area contributed by atoms with Crippen LogP contribution in [0.15, 0.2) is 34.7 Å². The predicted molar refractivity (Wildman–Crippen MR) is 121 cm³/mol. The van der Waals surface area contributed by atoms with Crippen LogP contribution in [-0.4, -0.2) is 25.7 Å². The average Bonchev–Trinajstić information content (AvgIpc) is 3.37. The van der Waals surface area contributed by atoms with Gasteiger partial charge in [-0.05, 0) is 43.9 Å². The second kappa shape index (κ2) is 8.08. The average molecular weight is 440 g/mol. The molecule has 30 heavy (non-hydrogen) atoms. The normalized spacial score (nSPS) is 12.3. The molecule has 0 radical (unpaired) electrons. The fourth-order valence-corrected chi connectivity index (χ4v) is 4.71. The molecule has 9 heteroatoms. The molecular formula is C21H21N5O2S2. The zero-order chi connectivity index (χ0) is 21.4. The molecule has 0 aliphatic heterocycles. The quantitative estimate of drug-likeness (QED) is 0.499. The van der Waals surface area contributed by atoms with Crippen LogP contribution >= 0.6 is 22.7 Å². The molecule has 0 spiro atoms. The van der Waals surface area contributed by atoms with Crippen molar-refractivity contribution >= 4 is 43.9 Å². The third-order valence-electron chi connectivity index (χ3n) is 5.13. The van der Waals surface area contributed by atoms with Crippen molar-refractivity contribution in [3.8, 4) is 11.1 Å². The monoisotopic (exact) mass is 439 g/mol. The molecule has 0 bridgehead atoms. The number of rotatable bonds is 5. The number of fused-ring (bicyclic) bond motifs is 1. The van der Waals surface area contributed by atoms with Crippen LogP contribution in [0, 0.1) is 13.8 Å². The lowest BCUT2D eigenvalue weighted by Gasteiger charge is -2.14. The van der Waals surface area contributed by atoms with E-state index in [-0.39, 0.29) is 11.5 Å². The zero-order valence-corrected chi connectivity index (χ0v) is 18.7. The van der Waals surface area contributed by atoms with Crippen molar-refractivity contribution in [2.75, 3.05) is 5.32 Å². The lowest BCUT2D eigenvalue weighted by atomic mass is 10.0. The number of aromatic nitrogens is 4. The maximum absolute atomic E-state index is 13.3. The summed E-state index contributed by atoms with van der Waals surface area (Å²) in [5.41, 5.74) is 3.94. The van der Waals surface area contributed by atoms with Crippen LogP contribution in [0.1, 0.15) is 36.0 Å². The molecule has 0 aliphatic rings. The van der Waals surface area contributed by atoms with Gasteiger partial charge in [0.15, 0.2) is 0 Å². The van der Waals surface area contributed by atoms with Crippen LogP contribution in [0.25, 0.3) is 21.3 Å². The van der Waals surface area contributed by atoms with E-state index in [9.17, 15) is 9.59 Å². The highest BCUT2D eigenvalue weighted by molar-refractivity contribution is 7.17. The maximum atomic E-state index is 13.3. The Bertz CT molecular complexity index is 1300. The van der Waals surface area contributed by atoms with Gasteiger partial charge >= 0.3 is 0 Å².